The number of hydrogen-bond acceptors (Lipinski definition) is 8. The fourth-order valence-corrected chi connectivity index (χ4v) is 3.57. The van der Waals surface area contributed by atoms with Gasteiger partial charge in [-0.1, -0.05) is 0 Å². The van der Waals surface area contributed by atoms with Crippen LogP contribution in [0.25, 0.3) is 0 Å². The summed E-state index contributed by atoms with van der Waals surface area (Å²) in [7, 11) is 0. The molecular weight excluding hydrogens is 372 g/mol. The van der Waals surface area contributed by atoms with Crippen molar-refractivity contribution < 1.29 is 9.59 Å². The van der Waals surface area contributed by atoms with Crippen molar-refractivity contribution in [2.24, 2.45) is 0 Å². The number of nitrogens with zero attached hydrogens (tertiary/aromatic N) is 8. The normalized spacial score (nSPS) is 17.4. The molecule has 29 heavy (non-hydrogen) atoms. The third-order valence-electron chi connectivity index (χ3n) is 5.31. The Labute approximate surface area is 169 Å². The molecule has 10 heteroatoms. The van der Waals surface area contributed by atoms with Crippen LogP contribution in [0.3, 0.4) is 0 Å². The minimum absolute atomic E-state index is 0.0932. The van der Waals surface area contributed by atoms with Crippen LogP contribution < -0.4 is 9.80 Å². The van der Waals surface area contributed by atoms with E-state index in [0.717, 1.165) is 5.82 Å². The Morgan fingerprint density at radius 3 is 1.97 bits per heavy atom. The zero-order valence-electron chi connectivity index (χ0n) is 16.4. The first-order chi connectivity index (χ1) is 14.1. The summed E-state index contributed by atoms with van der Waals surface area (Å²) in [6.45, 7) is 6.91. The summed E-state index contributed by atoms with van der Waals surface area (Å²) < 4.78 is 0. The van der Waals surface area contributed by atoms with Crippen molar-refractivity contribution >= 4 is 23.6 Å². The molecule has 0 unspecified atom stereocenters. The molecule has 2 amide bonds. The van der Waals surface area contributed by atoms with Gasteiger partial charge in [-0.15, -0.1) is 0 Å². The summed E-state index contributed by atoms with van der Waals surface area (Å²) >= 11 is 0. The van der Waals surface area contributed by atoms with Crippen LogP contribution in [0.4, 0.5) is 11.8 Å². The average Bonchev–Trinajstić information content (AvgIpc) is 2.79. The quantitative estimate of drug-likeness (QED) is 0.709. The topological polar surface area (TPSA) is 98.7 Å². The summed E-state index contributed by atoms with van der Waals surface area (Å²) in [5.41, 5.74) is 0.348. The van der Waals surface area contributed by atoms with E-state index in [2.05, 4.69) is 29.7 Å². The average molecular weight is 396 g/mol. The van der Waals surface area contributed by atoms with Crippen LogP contribution in [-0.4, -0.2) is 93.9 Å². The minimum atomic E-state index is -0.112. The van der Waals surface area contributed by atoms with Crippen molar-refractivity contribution in [1.29, 1.82) is 0 Å². The van der Waals surface area contributed by atoms with Gasteiger partial charge in [-0.2, -0.15) is 0 Å². The number of anilines is 2. The van der Waals surface area contributed by atoms with E-state index in [9.17, 15) is 9.59 Å². The number of rotatable bonds is 3. The van der Waals surface area contributed by atoms with Crippen LogP contribution >= 0.6 is 0 Å². The Bertz CT molecular complexity index is 844. The second-order valence-corrected chi connectivity index (χ2v) is 7.08. The molecule has 0 aromatic carbocycles. The van der Waals surface area contributed by atoms with Crippen molar-refractivity contribution in [2.45, 2.75) is 6.92 Å². The van der Waals surface area contributed by atoms with Gasteiger partial charge in [-0.05, 0) is 6.07 Å². The molecule has 0 aliphatic carbocycles. The van der Waals surface area contributed by atoms with Crippen LogP contribution in [-0.2, 0) is 4.79 Å². The molecule has 10 nitrogen and oxygen atoms in total. The largest absolute Gasteiger partial charge is 0.352 e. The maximum atomic E-state index is 12.8. The Morgan fingerprint density at radius 1 is 0.759 bits per heavy atom. The van der Waals surface area contributed by atoms with E-state index in [-0.39, 0.29) is 11.8 Å². The fraction of sp³-hybridized carbons (Fsp3) is 0.474. The third kappa shape index (κ3) is 4.25. The van der Waals surface area contributed by atoms with Gasteiger partial charge in [0.25, 0.3) is 5.91 Å². The molecule has 2 aliphatic heterocycles. The molecule has 0 bridgehead atoms. The predicted molar refractivity (Wildman–Crippen MR) is 107 cm³/mol. The first kappa shape index (κ1) is 19.0. The van der Waals surface area contributed by atoms with E-state index in [1.54, 1.807) is 42.7 Å². The standard InChI is InChI=1S/C19H24N8O2/c1-15(28)24-5-7-25(8-6-24)17-14-22-16(13-23-17)18(29)26-9-11-27(12-10-26)19-20-3-2-4-21-19/h2-4,13-14H,5-12H2,1H3. The van der Waals surface area contributed by atoms with Crippen LogP contribution in [0.15, 0.2) is 30.9 Å². The second-order valence-electron chi connectivity index (χ2n) is 7.08. The van der Waals surface area contributed by atoms with Gasteiger partial charge in [0.15, 0.2) is 0 Å². The van der Waals surface area contributed by atoms with Gasteiger partial charge in [-0.25, -0.2) is 19.9 Å². The first-order valence-corrected chi connectivity index (χ1v) is 9.75. The lowest BCUT2D eigenvalue weighted by atomic mass is 10.3. The predicted octanol–water partition coefficient (Wildman–Crippen LogP) is -0.102. The van der Waals surface area contributed by atoms with Crippen LogP contribution in [0, 0.1) is 0 Å². The number of carbonyl (C=O) groups excluding carboxylic acids is 2. The van der Waals surface area contributed by atoms with E-state index in [0.29, 0.717) is 64.0 Å². The van der Waals surface area contributed by atoms with Gasteiger partial charge in [0.1, 0.15) is 11.5 Å². The van der Waals surface area contributed by atoms with E-state index in [1.807, 2.05) is 4.90 Å². The molecule has 2 aliphatic rings. The van der Waals surface area contributed by atoms with E-state index in [1.165, 1.54) is 0 Å². The highest BCUT2D eigenvalue weighted by Crippen LogP contribution is 2.15. The highest BCUT2D eigenvalue weighted by Gasteiger charge is 2.25. The zero-order valence-corrected chi connectivity index (χ0v) is 16.4. The molecule has 2 aromatic rings. The Kier molecular flexibility index (Phi) is 5.50. The molecule has 0 saturated carbocycles. The zero-order chi connectivity index (χ0) is 20.2. The summed E-state index contributed by atoms with van der Waals surface area (Å²) in [6.07, 6.45) is 6.63. The number of hydrogen-bond donors (Lipinski definition) is 0. The lowest BCUT2D eigenvalue weighted by Gasteiger charge is -2.35. The summed E-state index contributed by atoms with van der Waals surface area (Å²) in [5, 5.41) is 0. The molecule has 2 fully saturated rings. The maximum absolute atomic E-state index is 12.8. The highest BCUT2D eigenvalue weighted by molar-refractivity contribution is 5.92. The third-order valence-corrected chi connectivity index (χ3v) is 5.31. The second kappa shape index (κ2) is 8.38. The van der Waals surface area contributed by atoms with Crippen molar-refractivity contribution in [3.63, 3.8) is 0 Å². The number of carbonyl (C=O) groups is 2. The van der Waals surface area contributed by atoms with E-state index in [4.69, 9.17) is 0 Å². The Balaban J connectivity index is 1.32. The van der Waals surface area contributed by atoms with Crippen molar-refractivity contribution in [3.8, 4) is 0 Å². The molecule has 0 N–H and O–H groups in total. The van der Waals surface area contributed by atoms with Gasteiger partial charge in [0.05, 0.1) is 12.4 Å². The number of aromatic nitrogens is 4. The van der Waals surface area contributed by atoms with Crippen LogP contribution in [0.5, 0.6) is 0 Å². The van der Waals surface area contributed by atoms with Crippen molar-refractivity contribution in [1.82, 2.24) is 29.7 Å². The van der Waals surface area contributed by atoms with Gasteiger partial charge in [-0.3, -0.25) is 9.59 Å². The monoisotopic (exact) mass is 396 g/mol. The Morgan fingerprint density at radius 2 is 1.38 bits per heavy atom. The lowest BCUT2D eigenvalue weighted by molar-refractivity contribution is -0.129. The first-order valence-electron chi connectivity index (χ1n) is 9.75. The SMILES string of the molecule is CC(=O)N1CCN(c2cnc(C(=O)N3CCN(c4ncccn4)CC3)cn2)CC1. The van der Waals surface area contributed by atoms with Gasteiger partial charge in [0, 0.05) is 71.7 Å². The van der Waals surface area contributed by atoms with Crippen molar-refractivity contribution in [2.75, 3.05) is 62.2 Å². The van der Waals surface area contributed by atoms with Gasteiger partial charge < -0.3 is 19.6 Å². The molecule has 0 atom stereocenters. The van der Waals surface area contributed by atoms with Gasteiger partial charge >= 0.3 is 0 Å². The molecule has 0 spiro atoms. The minimum Gasteiger partial charge on any atom is -0.352 e. The molecule has 2 aromatic heterocycles. The summed E-state index contributed by atoms with van der Waals surface area (Å²) in [5.74, 6) is 1.40. The number of amides is 2. The molecule has 152 valence electrons. The fourth-order valence-electron chi connectivity index (χ4n) is 3.57. The van der Waals surface area contributed by atoms with E-state index < -0.39 is 0 Å². The molecule has 4 heterocycles. The molecular formula is C19H24N8O2. The van der Waals surface area contributed by atoms with Gasteiger partial charge in [0.2, 0.25) is 11.9 Å². The molecule has 2 saturated heterocycles. The summed E-state index contributed by atoms with van der Waals surface area (Å²) in [4.78, 5) is 49.3. The summed E-state index contributed by atoms with van der Waals surface area (Å²) in [6, 6.07) is 1.79. The molecule has 0 radical (unpaired) electrons. The smallest absolute Gasteiger partial charge is 0.274 e. The lowest BCUT2D eigenvalue weighted by Crippen LogP contribution is -2.49. The molecule has 4 rings (SSSR count). The highest BCUT2D eigenvalue weighted by atomic mass is 16.2. The number of piperazine rings is 2. The van der Waals surface area contributed by atoms with E-state index >= 15 is 0 Å². The maximum Gasteiger partial charge on any atom is 0.274 e. The van der Waals surface area contributed by atoms with Crippen LogP contribution in [0.2, 0.25) is 0 Å². The Hall–Kier alpha value is -3.30. The van der Waals surface area contributed by atoms with Crippen LogP contribution in [0.1, 0.15) is 17.4 Å². The van der Waals surface area contributed by atoms with Crippen molar-refractivity contribution in [3.05, 3.63) is 36.5 Å².